The highest BCUT2D eigenvalue weighted by Gasteiger charge is 2.26. The molecule has 1 heterocycles. The van der Waals surface area contributed by atoms with Gasteiger partial charge in [0.25, 0.3) is 5.91 Å². The summed E-state index contributed by atoms with van der Waals surface area (Å²) in [6.45, 7) is 3.07. The average Bonchev–Trinajstić information content (AvgIpc) is 2.50. The number of rotatable bonds is 3. The van der Waals surface area contributed by atoms with E-state index < -0.39 is 23.7 Å². The summed E-state index contributed by atoms with van der Waals surface area (Å²) in [5.74, 6) is -3.73. The summed E-state index contributed by atoms with van der Waals surface area (Å²) in [4.78, 5) is 25.5. The van der Waals surface area contributed by atoms with Crippen LogP contribution >= 0.6 is 0 Å². The van der Waals surface area contributed by atoms with Crippen LogP contribution in [0.1, 0.15) is 17.3 Å². The van der Waals surface area contributed by atoms with Crippen molar-refractivity contribution in [2.24, 2.45) is 0 Å². The standard InChI is InChI=1S/C14H16F2N2O4/c1-8(13(19)18-2-4-21-5-3-18)22-14(20)9-6-10(15)11(16)7-12(9)17/h6-8H,2-5,17H2,1H3. The number of benzene rings is 1. The maximum Gasteiger partial charge on any atom is 0.341 e. The molecule has 120 valence electrons. The molecule has 1 saturated heterocycles. The molecule has 2 rings (SSSR count). The fourth-order valence-corrected chi connectivity index (χ4v) is 2.05. The summed E-state index contributed by atoms with van der Waals surface area (Å²) in [6.07, 6.45) is -1.06. The van der Waals surface area contributed by atoms with Gasteiger partial charge in [-0.05, 0) is 13.0 Å². The van der Waals surface area contributed by atoms with Crippen molar-refractivity contribution >= 4 is 17.6 Å². The molecule has 1 aliphatic rings. The minimum absolute atomic E-state index is 0.255. The predicted octanol–water partition coefficient (Wildman–Crippen LogP) is 0.951. The van der Waals surface area contributed by atoms with Crippen molar-refractivity contribution in [3.05, 3.63) is 29.3 Å². The van der Waals surface area contributed by atoms with Gasteiger partial charge in [-0.1, -0.05) is 0 Å². The second-order valence-corrected chi connectivity index (χ2v) is 4.84. The van der Waals surface area contributed by atoms with E-state index >= 15 is 0 Å². The topological polar surface area (TPSA) is 81.9 Å². The van der Waals surface area contributed by atoms with Crippen molar-refractivity contribution in [3.63, 3.8) is 0 Å². The van der Waals surface area contributed by atoms with Crippen LogP contribution in [0.5, 0.6) is 0 Å². The van der Waals surface area contributed by atoms with Crippen LogP contribution in [0.25, 0.3) is 0 Å². The lowest BCUT2D eigenvalue weighted by Gasteiger charge is -2.29. The Balaban J connectivity index is 2.04. The van der Waals surface area contributed by atoms with Crippen molar-refractivity contribution in [3.8, 4) is 0 Å². The summed E-state index contributed by atoms with van der Waals surface area (Å²) in [7, 11) is 0. The largest absolute Gasteiger partial charge is 0.449 e. The molecule has 0 aliphatic carbocycles. The third-order valence-electron chi connectivity index (χ3n) is 3.27. The highest BCUT2D eigenvalue weighted by Crippen LogP contribution is 2.19. The van der Waals surface area contributed by atoms with Crippen LogP contribution in [-0.4, -0.2) is 49.2 Å². The van der Waals surface area contributed by atoms with Crippen LogP contribution in [0.3, 0.4) is 0 Å². The number of carbonyl (C=O) groups excluding carboxylic acids is 2. The number of anilines is 1. The van der Waals surface area contributed by atoms with E-state index in [2.05, 4.69) is 0 Å². The third kappa shape index (κ3) is 3.51. The first-order valence-corrected chi connectivity index (χ1v) is 6.72. The SMILES string of the molecule is CC(OC(=O)c1cc(F)c(F)cc1N)C(=O)N1CCOCC1. The summed E-state index contributed by atoms with van der Waals surface area (Å²) in [5, 5.41) is 0. The van der Waals surface area contributed by atoms with E-state index in [1.165, 1.54) is 11.8 Å². The van der Waals surface area contributed by atoms with Crippen molar-refractivity contribution in [2.75, 3.05) is 32.0 Å². The van der Waals surface area contributed by atoms with Crippen LogP contribution < -0.4 is 5.73 Å². The Hall–Kier alpha value is -2.22. The number of hydrogen-bond acceptors (Lipinski definition) is 5. The van der Waals surface area contributed by atoms with E-state index in [0.717, 1.165) is 0 Å². The number of esters is 1. The molecule has 22 heavy (non-hydrogen) atoms. The van der Waals surface area contributed by atoms with Gasteiger partial charge < -0.3 is 20.1 Å². The van der Waals surface area contributed by atoms with Gasteiger partial charge in [-0.25, -0.2) is 13.6 Å². The molecular weight excluding hydrogens is 298 g/mol. The minimum Gasteiger partial charge on any atom is -0.449 e. The molecule has 0 radical (unpaired) electrons. The summed E-state index contributed by atoms with van der Waals surface area (Å²) in [5.41, 5.74) is 4.89. The number of carbonyl (C=O) groups is 2. The fraction of sp³-hybridized carbons (Fsp3) is 0.429. The number of nitrogens with zero attached hydrogens (tertiary/aromatic N) is 1. The number of hydrogen-bond donors (Lipinski definition) is 1. The smallest absolute Gasteiger partial charge is 0.341 e. The molecule has 1 aliphatic heterocycles. The molecular formula is C14H16F2N2O4. The Labute approximate surface area is 125 Å². The normalized spacial score (nSPS) is 16.2. The molecule has 0 saturated carbocycles. The molecule has 8 heteroatoms. The summed E-state index contributed by atoms with van der Waals surface area (Å²) in [6, 6.07) is 1.35. The minimum atomic E-state index is -1.21. The van der Waals surface area contributed by atoms with Crippen molar-refractivity contribution in [2.45, 2.75) is 13.0 Å². The molecule has 0 aromatic heterocycles. The molecule has 1 fully saturated rings. The highest BCUT2D eigenvalue weighted by atomic mass is 19.2. The highest BCUT2D eigenvalue weighted by molar-refractivity contribution is 5.96. The second kappa shape index (κ2) is 6.69. The van der Waals surface area contributed by atoms with E-state index in [1.807, 2.05) is 0 Å². The summed E-state index contributed by atoms with van der Waals surface area (Å²) >= 11 is 0. The van der Waals surface area contributed by atoms with Gasteiger partial charge in [-0.15, -0.1) is 0 Å². The lowest BCUT2D eigenvalue weighted by molar-refractivity contribution is -0.143. The van der Waals surface area contributed by atoms with E-state index in [1.54, 1.807) is 0 Å². The molecule has 0 spiro atoms. The molecule has 1 aromatic carbocycles. The molecule has 1 aromatic rings. The van der Waals surface area contributed by atoms with Crippen LogP contribution in [0.2, 0.25) is 0 Å². The fourth-order valence-electron chi connectivity index (χ4n) is 2.05. The second-order valence-electron chi connectivity index (χ2n) is 4.84. The van der Waals surface area contributed by atoms with Gasteiger partial charge >= 0.3 is 5.97 Å². The number of morpholine rings is 1. The maximum atomic E-state index is 13.2. The number of nitrogens with two attached hydrogens (primary N) is 1. The zero-order valence-electron chi connectivity index (χ0n) is 12.0. The quantitative estimate of drug-likeness (QED) is 0.663. The average molecular weight is 314 g/mol. The van der Waals surface area contributed by atoms with Crippen LogP contribution in [0.4, 0.5) is 14.5 Å². The van der Waals surface area contributed by atoms with Crippen molar-refractivity contribution in [1.29, 1.82) is 0 Å². The van der Waals surface area contributed by atoms with Crippen molar-refractivity contribution < 1.29 is 27.8 Å². The maximum absolute atomic E-state index is 13.2. The first kappa shape index (κ1) is 16.2. The Morgan fingerprint density at radius 2 is 1.86 bits per heavy atom. The van der Waals surface area contributed by atoms with E-state index in [0.29, 0.717) is 38.4 Å². The lowest BCUT2D eigenvalue weighted by Crippen LogP contribution is -2.46. The number of halogens is 2. The molecule has 1 unspecified atom stereocenters. The molecule has 1 atom stereocenters. The Morgan fingerprint density at radius 1 is 1.27 bits per heavy atom. The van der Waals surface area contributed by atoms with Gasteiger partial charge in [0, 0.05) is 24.8 Å². The first-order chi connectivity index (χ1) is 10.4. The first-order valence-electron chi connectivity index (χ1n) is 6.72. The van der Waals surface area contributed by atoms with Gasteiger partial charge in [0.2, 0.25) is 0 Å². The molecule has 0 bridgehead atoms. The van der Waals surface area contributed by atoms with E-state index in [9.17, 15) is 18.4 Å². The lowest BCUT2D eigenvalue weighted by atomic mass is 10.1. The monoisotopic (exact) mass is 314 g/mol. The third-order valence-corrected chi connectivity index (χ3v) is 3.27. The Kier molecular flexibility index (Phi) is 4.92. The van der Waals surface area contributed by atoms with Crippen LogP contribution in [0, 0.1) is 11.6 Å². The van der Waals surface area contributed by atoms with Gasteiger partial charge in [0.1, 0.15) is 0 Å². The predicted molar refractivity (Wildman–Crippen MR) is 73.0 cm³/mol. The van der Waals surface area contributed by atoms with Gasteiger partial charge in [0.15, 0.2) is 17.7 Å². The number of nitrogen functional groups attached to an aromatic ring is 1. The van der Waals surface area contributed by atoms with E-state index in [-0.39, 0.29) is 17.2 Å². The van der Waals surface area contributed by atoms with Crippen LogP contribution in [0.15, 0.2) is 12.1 Å². The summed E-state index contributed by atoms with van der Waals surface area (Å²) < 4.78 is 36.3. The Bertz CT molecular complexity index is 588. The van der Waals surface area contributed by atoms with E-state index in [4.69, 9.17) is 15.2 Å². The van der Waals surface area contributed by atoms with Gasteiger partial charge in [0.05, 0.1) is 18.8 Å². The molecule has 2 N–H and O–H groups in total. The zero-order chi connectivity index (χ0) is 16.3. The molecule has 1 amide bonds. The van der Waals surface area contributed by atoms with Gasteiger partial charge in [-0.2, -0.15) is 0 Å². The van der Waals surface area contributed by atoms with Crippen molar-refractivity contribution in [1.82, 2.24) is 4.90 Å². The molecule has 6 nitrogen and oxygen atoms in total. The van der Waals surface area contributed by atoms with Gasteiger partial charge in [-0.3, -0.25) is 4.79 Å². The number of amides is 1. The number of ether oxygens (including phenoxy) is 2. The van der Waals surface area contributed by atoms with Crippen LogP contribution in [-0.2, 0) is 14.3 Å². The Morgan fingerprint density at radius 3 is 2.50 bits per heavy atom. The zero-order valence-corrected chi connectivity index (χ0v) is 12.0.